The minimum Gasteiger partial charge on any atom is -0.274 e. The first-order valence-corrected chi connectivity index (χ1v) is 5.88. The third-order valence-corrected chi connectivity index (χ3v) is 2.97. The van der Waals surface area contributed by atoms with Crippen molar-refractivity contribution < 1.29 is 18.0 Å². The van der Waals surface area contributed by atoms with Crippen LogP contribution in [0.25, 0.3) is 11.3 Å². The van der Waals surface area contributed by atoms with Gasteiger partial charge < -0.3 is 0 Å². The van der Waals surface area contributed by atoms with E-state index in [9.17, 15) is 18.0 Å². The lowest BCUT2D eigenvalue weighted by Crippen LogP contribution is -2.09. The van der Waals surface area contributed by atoms with E-state index in [1.54, 1.807) is 6.92 Å². The van der Waals surface area contributed by atoms with E-state index in [2.05, 4.69) is 11.9 Å². The molecule has 6 heteroatoms. The molecule has 0 N–H and O–H groups in total. The van der Waals surface area contributed by atoms with Gasteiger partial charge in [0.1, 0.15) is 6.33 Å². The van der Waals surface area contributed by atoms with Crippen LogP contribution in [0.3, 0.4) is 0 Å². The van der Waals surface area contributed by atoms with Gasteiger partial charge >= 0.3 is 6.18 Å². The standard InChI is InChI=1S/C14H12F3N2O/c1-3-12(20)19-8-18-13(9(19)2)10-4-6-11(7-5-10)14(15,16)17/h4-8H,1,3H2,2H3. The predicted molar refractivity (Wildman–Crippen MR) is 68.0 cm³/mol. The number of nitrogens with zero attached hydrogens (tertiary/aromatic N) is 2. The van der Waals surface area contributed by atoms with Gasteiger partial charge in [-0.2, -0.15) is 13.2 Å². The molecule has 0 aliphatic carbocycles. The van der Waals surface area contributed by atoms with Gasteiger partial charge in [0.25, 0.3) is 0 Å². The summed E-state index contributed by atoms with van der Waals surface area (Å²) in [5.74, 6) is -0.215. The number of halogens is 3. The Kier molecular flexibility index (Phi) is 3.65. The van der Waals surface area contributed by atoms with Gasteiger partial charge in [-0.25, -0.2) is 4.98 Å². The lowest BCUT2D eigenvalue weighted by Gasteiger charge is -2.07. The van der Waals surface area contributed by atoms with Crippen molar-refractivity contribution in [3.8, 4) is 11.3 Å². The number of aromatic nitrogens is 2. The molecular weight excluding hydrogens is 269 g/mol. The third kappa shape index (κ3) is 2.59. The average molecular weight is 281 g/mol. The first-order valence-electron chi connectivity index (χ1n) is 5.88. The van der Waals surface area contributed by atoms with Crippen molar-refractivity contribution in [2.24, 2.45) is 0 Å². The first kappa shape index (κ1) is 14.3. The molecular formula is C14H12F3N2O. The molecule has 1 heterocycles. The molecule has 0 aliphatic heterocycles. The Bertz CT molecular complexity index is 627. The molecule has 2 aromatic rings. The SMILES string of the molecule is [CH2]CC(=O)n1cnc(-c2ccc(C(F)(F)F)cc2)c1C. The second-order valence-corrected chi connectivity index (χ2v) is 4.27. The summed E-state index contributed by atoms with van der Waals surface area (Å²) in [5.41, 5.74) is 0.886. The van der Waals surface area contributed by atoms with Crippen LogP contribution in [-0.2, 0) is 6.18 Å². The Morgan fingerprint density at radius 2 is 1.90 bits per heavy atom. The molecule has 0 saturated heterocycles. The van der Waals surface area contributed by atoms with Crippen LogP contribution in [0.2, 0.25) is 0 Å². The summed E-state index contributed by atoms with van der Waals surface area (Å²) in [5, 5.41) is 0. The highest BCUT2D eigenvalue weighted by atomic mass is 19.4. The molecule has 3 nitrogen and oxygen atoms in total. The highest BCUT2D eigenvalue weighted by Gasteiger charge is 2.30. The van der Waals surface area contributed by atoms with Gasteiger partial charge in [0.05, 0.1) is 17.0 Å². The zero-order chi connectivity index (χ0) is 14.9. The molecule has 0 saturated carbocycles. The summed E-state index contributed by atoms with van der Waals surface area (Å²) < 4.78 is 38.8. The van der Waals surface area contributed by atoms with Gasteiger partial charge in [-0.05, 0) is 26.0 Å². The number of imidazole rings is 1. The van der Waals surface area contributed by atoms with Crippen molar-refractivity contribution in [2.45, 2.75) is 19.5 Å². The van der Waals surface area contributed by atoms with E-state index in [1.807, 2.05) is 0 Å². The molecule has 0 unspecified atom stereocenters. The van der Waals surface area contributed by atoms with Crippen LogP contribution in [0.4, 0.5) is 13.2 Å². The van der Waals surface area contributed by atoms with Crippen molar-refractivity contribution in [3.05, 3.63) is 48.8 Å². The molecule has 1 aromatic carbocycles. The number of rotatable bonds is 2. The van der Waals surface area contributed by atoms with Crippen LogP contribution >= 0.6 is 0 Å². The number of alkyl halides is 3. The monoisotopic (exact) mass is 281 g/mol. The molecule has 0 aliphatic rings. The van der Waals surface area contributed by atoms with Crippen molar-refractivity contribution in [3.63, 3.8) is 0 Å². The molecule has 105 valence electrons. The van der Waals surface area contributed by atoms with Crippen molar-refractivity contribution in [2.75, 3.05) is 0 Å². The largest absolute Gasteiger partial charge is 0.416 e. The molecule has 0 amide bonds. The quantitative estimate of drug-likeness (QED) is 0.840. The van der Waals surface area contributed by atoms with Gasteiger partial charge in [0.2, 0.25) is 5.91 Å². The first-order chi connectivity index (χ1) is 9.34. The molecule has 1 aromatic heterocycles. The normalized spacial score (nSPS) is 11.7. The topological polar surface area (TPSA) is 34.9 Å². The van der Waals surface area contributed by atoms with E-state index in [0.717, 1.165) is 12.1 Å². The molecule has 0 bridgehead atoms. The fourth-order valence-corrected chi connectivity index (χ4v) is 1.88. The van der Waals surface area contributed by atoms with E-state index in [-0.39, 0.29) is 12.3 Å². The average Bonchev–Trinajstić information content (AvgIpc) is 2.79. The molecule has 0 fully saturated rings. The summed E-state index contributed by atoms with van der Waals surface area (Å²) in [7, 11) is 0. The Morgan fingerprint density at radius 3 is 2.40 bits per heavy atom. The smallest absolute Gasteiger partial charge is 0.274 e. The summed E-state index contributed by atoms with van der Waals surface area (Å²) in [6.07, 6.45) is -2.92. The zero-order valence-electron chi connectivity index (χ0n) is 10.7. The van der Waals surface area contributed by atoms with Crippen LogP contribution in [-0.4, -0.2) is 15.5 Å². The van der Waals surface area contributed by atoms with Crippen molar-refractivity contribution in [1.29, 1.82) is 0 Å². The van der Waals surface area contributed by atoms with Crippen LogP contribution in [0, 0.1) is 13.8 Å². The fourth-order valence-electron chi connectivity index (χ4n) is 1.88. The van der Waals surface area contributed by atoms with Crippen LogP contribution < -0.4 is 0 Å². The minimum atomic E-state index is -4.36. The summed E-state index contributed by atoms with van der Waals surface area (Å²) in [4.78, 5) is 15.7. The summed E-state index contributed by atoms with van der Waals surface area (Å²) in [6, 6.07) is 4.68. The van der Waals surface area contributed by atoms with Crippen LogP contribution in [0.5, 0.6) is 0 Å². The van der Waals surface area contributed by atoms with E-state index in [4.69, 9.17) is 0 Å². The van der Waals surface area contributed by atoms with E-state index in [1.165, 1.54) is 23.0 Å². The molecule has 2 rings (SSSR count). The fraction of sp³-hybridized carbons (Fsp3) is 0.214. The maximum atomic E-state index is 12.5. The molecule has 20 heavy (non-hydrogen) atoms. The van der Waals surface area contributed by atoms with Crippen LogP contribution in [0.15, 0.2) is 30.6 Å². The highest BCUT2D eigenvalue weighted by molar-refractivity contribution is 5.81. The Hall–Kier alpha value is -2.11. The number of carbonyl (C=O) groups is 1. The van der Waals surface area contributed by atoms with Gasteiger partial charge in [0, 0.05) is 12.0 Å². The van der Waals surface area contributed by atoms with Crippen molar-refractivity contribution >= 4 is 5.91 Å². The maximum absolute atomic E-state index is 12.5. The van der Waals surface area contributed by atoms with Gasteiger partial charge in [-0.1, -0.05) is 12.1 Å². The second-order valence-electron chi connectivity index (χ2n) is 4.27. The zero-order valence-corrected chi connectivity index (χ0v) is 10.7. The molecule has 1 radical (unpaired) electrons. The highest BCUT2D eigenvalue weighted by Crippen LogP contribution is 2.31. The lowest BCUT2D eigenvalue weighted by molar-refractivity contribution is -0.137. The van der Waals surface area contributed by atoms with E-state index >= 15 is 0 Å². The Labute approximate surface area is 114 Å². The maximum Gasteiger partial charge on any atom is 0.416 e. The summed E-state index contributed by atoms with van der Waals surface area (Å²) in [6.45, 7) is 5.19. The summed E-state index contributed by atoms with van der Waals surface area (Å²) >= 11 is 0. The van der Waals surface area contributed by atoms with E-state index in [0.29, 0.717) is 17.0 Å². The molecule has 0 atom stereocenters. The Balaban J connectivity index is 2.38. The lowest BCUT2D eigenvalue weighted by atomic mass is 10.1. The second kappa shape index (κ2) is 5.11. The van der Waals surface area contributed by atoms with Crippen LogP contribution in [0.1, 0.15) is 22.5 Å². The Morgan fingerprint density at radius 1 is 1.30 bits per heavy atom. The third-order valence-electron chi connectivity index (χ3n) is 2.97. The van der Waals surface area contributed by atoms with Gasteiger partial charge in [-0.15, -0.1) is 0 Å². The number of hydrogen-bond acceptors (Lipinski definition) is 2. The predicted octanol–water partition coefficient (Wildman–Crippen LogP) is 3.74. The van der Waals surface area contributed by atoms with Crippen molar-refractivity contribution in [1.82, 2.24) is 9.55 Å². The number of carbonyl (C=O) groups excluding carboxylic acids is 1. The van der Waals surface area contributed by atoms with E-state index < -0.39 is 11.7 Å². The minimum absolute atomic E-state index is 0.0870. The van der Waals surface area contributed by atoms with Gasteiger partial charge in [0.15, 0.2) is 0 Å². The number of hydrogen-bond donors (Lipinski definition) is 0. The number of benzene rings is 1. The molecule has 0 spiro atoms. The van der Waals surface area contributed by atoms with Gasteiger partial charge in [-0.3, -0.25) is 9.36 Å².